The summed E-state index contributed by atoms with van der Waals surface area (Å²) in [7, 11) is 1.44. The highest BCUT2D eigenvalue weighted by molar-refractivity contribution is 7.13. The van der Waals surface area contributed by atoms with Crippen LogP contribution in [0, 0.1) is 0 Å². The molecule has 2 aromatic carbocycles. The number of ether oxygens (including phenoxy) is 1. The molecule has 8 heteroatoms. The minimum absolute atomic E-state index is 0.223. The molecule has 0 amide bonds. The molecule has 5 rings (SSSR count). The Labute approximate surface area is 201 Å². The Balaban J connectivity index is 1.86. The van der Waals surface area contributed by atoms with Gasteiger partial charge in [-0.3, -0.25) is 0 Å². The molecule has 0 fully saturated rings. The first-order valence-corrected chi connectivity index (χ1v) is 12.2. The van der Waals surface area contributed by atoms with Crippen molar-refractivity contribution < 1.29 is 9.53 Å². The number of tetrazole rings is 1. The molecule has 0 spiro atoms. The number of H-pyrrole nitrogens is 1. The van der Waals surface area contributed by atoms with Gasteiger partial charge in [-0.15, -0.1) is 21.5 Å². The lowest BCUT2D eigenvalue weighted by atomic mass is 9.86. The summed E-state index contributed by atoms with van der Waals surface area (Å²) in [6.07, 6.45) is 2.04. The standard InChI is InChI=1S/C26H25N5O2S/c1-3-4-15-31-20-13-9-8-12-18(20)22(26(32)33-2)23(31)21(17-10-6-5-7-11-17)19-14-16-34-24(19)25-27-29-30-28-25/h5-14,16,21H,3-4,15H2,1-2H3,(H,27,28,29,30). The van der Waals surface area contributed by atoms with Gasteiger partial charge >= 0.3 is 5.97 Å². The van der Waals surface area contributed by atoms with Gasteiger partial charge in [0.25, 0.3) is 0 Å². The molecule has 7 nitrogen and oxygen atoms in total. The average Bonchev–Trinajstić information content (AvgIpc) is 3.63. The summed E-state index contributed by atoms with van der Waals surface area (Å²) in [4.78, 5) is 14.2. The van der Waals surface area contributed by atoms with Gasteiger partial charge in [0, 0.05) is 23.1 Å². The second kappa shape index (κ2) is 9.61. The smallest absolute Gasteiger partial charge is 0.340 e. The van der Waals surface area contributed by atoms with E-state index in [0.717, 1.165) is 52.0 Å². The van der Waals surface area contributed by atoms with Crippen molar-refractivity contribution in [2.45, 2.75) is 32.2 Å². The molecular weight excluding hydrogens is 446 g/mol. The number of rotatable bonds is 8. The molecule has 34 heavy (non-hydrogen) atoms. The van der Waals surface area contributed by atoms with Crippen LogP contribution in [0.4, 0.5) is 0 Å². The van der Waals surface area contributed by atoms with Crippen molar-refractivity contribution in [2.24, 2.45) is 0 Å². The predicted molar refractivity (Wildman–Crippen MR) is 133 cm³/mol. The summed E-state index contributed by atoms with van der Waals surface area (Å²) in [5.41, 5.74) is 4.67. The summed E-state index contributed by atoms with van der Waals surface area (Å²) in [5.74, 6) is -0.0141. The number of nitrogens with zero attached hydrogens (tertiary/aromatic N) is 4. The van der Waals surface area contributed by atoms with E-state index >= 15 is 0 Å². The summed E-state index contributed by atoms with van der Waals surface area (Å²) < 4.78 is 7.61. The zero-order valence-electron chi connectivity index (χ0n) is 19.1. The van der Waals surface area contributed by atoms with Crippen LogP contribution in [0.3, 0.4) is 0 Å². The Bertz CT molecular complexity index is 1410. The molecule has 0 aliphatic carbocycles. The first-order chi connectivity index (χ1) is 16.7. The van der Waals surface area contributed by atoms with Crippen molar-refractivity contribution in [3.05, 3.63) is 88.4 Å². The third-order valence-corrected chi connectivity index (χ3v) is 7.02. The van der Waals surface area contributed by atoms with Crippen molar-refractivity contribution in [2.75, 3.05) is 7.11 Å². The quantitative estimate of drug-likeness (QED) is 0.296. The number of hydrogen-bond donors (Lipinski definition) is 1. The van der Waals surface area contributed by atoms with E-state index in [0.29, 0.717) is 11.4 Å². The molecule has 1 unspecified atom stereocenters. The lowest BCUT2D eigenvalue weighted by molar-refractivity contribution is 0.0601. The predicted octanol–water partition coefficient (Wildman–Crippen LogP) is 5.65. The van der Waals surface area contributed by atoms with Crippen molar-refractivity contribution in [3.8, 4) is 10.7 Å². The van der Waals surface area contributed by atoms with E-state index in [4.69, 9.17) is 4.74 Å². The fraction of sp³-hybridized carbons (Fsp3) is 0.231. The number of benzene rings is 2. The van der Waals surface area contributed by atoms with E-state index in [9.17, 15) is 4.79 Å². The number of para-hydroxylation sites is 1. The van der Waals surface area contributed by atoms with Gasteiger partial charge in [0.1, 0.15) is 0 Å². The number of aryl methyl sites for hydroxylation is 1. The summed E-state index contributed by atoms with van der Waals surface area (Å²) in [6.45, 7) is 2.98. The van der Waals surface area contributed by atoms with Crippen molar-refractivity contribution in [1.82, 2.24) is 25.2 Å². The van der Waals surface area contributed by atoms with Gasteiger partial charge in [0.15, 0.2) is 0 Å². The number of carbonyl (C=O) groups is 1. The minimum Gasteiger partial charge on any atom is -0.465 e. The first kappa shape index (κ1) is 22.0. The summed E-state index contributed by atoms with van der Waals surface area (Å²) in [5, 5.41) is 17.7. The number of unbranched alkanes of at least 4 members (excludes halogenated alkanes) is 1. The first-order valence-electron chi connectivity index (χ1n) is 11.3. The molecule has 5 aromatic rings. The number of hydrogen-bond acceptors (Lipinski definition) is 6. The molecule has 0 saturated heterocycles. The van der Waals surface area contributed by atoms with Crippen LogP contribution < -0.4 is 0 Å². The highest BCUT2D eigenvalue weighted by Crippen LogP contribution is 2.43. The second-order valence-electron chi connectivity index (χ2n) is 8.06. The van der Waals surface area contributed by atoms with Crippen LogP contribution in [0.2, 0.25) is 0 Å². The van der Waals surface area contributed by atoms with E-state index in [1.165, 1.54) is 7.11 Å². The van der Waals surface area contributed by atoms with E-state index < -0.39 is 0 Å². The van der Waals surface area contributed by atoms with Gasteiger partial charge < -0.3 is 9.30 Å². The fourth-order valence-electron chi connectivity index (χ4n) is 4.61. The van der Waals surface area contributed by atoms with Gasteiger partial charge in [-0.05, 0) is 40.3 Å². The molecular formula is C26H25N5O2S. The van der Waals surface area contributed by atoms with Crippen LogP contribution in [-0.4, -0.2) is 38.3 Å². The third-order valence-electron chi connectivity index (χ3n) is 6.10. The van der Waals surface area contributed by atoms with E-state index in [2.05, 4.69) is 56.4 Å². The zero-order valence-corrected chi connectivity index (χ0v) is 19.9. The van der Waals surface area contributed by atoms with E-state index in [-0.39, 0.29) is 11.9 Å². The van der Waals surface area contributed by atoms with Crippen LogP contribution in [0.1, 0.15) is 52.9 Å². The number of carbonyl (C=O) groups excluding carboxylic acids is 1. The Kier molecular flexibility index (Phi) is 6.22. The highest BCUT2D eigenvalue weighted by Gasteiger charge is 2.33. The Morgan fingerprint density at radius 1 is 1.12 bits per heavy atom. The number of aromatic nitrogens is 5. The van der Waals surface area contributed by atoms with Crippen molar-refractivity contribution in [1.29, 1.82) is 0 Å². The Hall–Kier alpha value is -3.78. The molecule has 172 valence electrons. The molecule has 0 aliphatic heterocycles. The number of nitrogens with one attached hydrogen (secondary N) is 1. The molecule has 1 atom stereocenters. The number of esters is 1. The molecule has 0 bridgehead atoms. The SMILES string of the molecule is CCCCn1c(C(c2ccccc2)c2ccsc2-c2nn[nH]n2)c(C(=O)OC)c2ccccc21. The molecule has 0 saturated carbocycles. The van der Waals surface area contributed by atoms with Crippen LogP contribution >= 0.6 is 11.3 Å². The van der Waals surface area contributed by atoms with Crippen LogP contribution in [-0.2, 0) is 11.3 Å². The van der Waals surface area contributed by atoms with Crippen LogP contribution in [0.5, 0.6) is 0 Å². The molecule has 1 N–H and O–H groups in total. The normalized spacial score (nSPS) is 12.2. The van der Waals surface area contributed by atoms with Crippen LogP contribution in [0.25, 0.3) is 21.6 Å². The number of aromatic amines is 1. The molecule has 0 aliphatic rings. The molecule has 3 heterocycles. The monoisotopic (exact) mass is 471 g/mol. The van der Waals surface area contributed by atoms with Gasteiger partial charge in [-0.2, -0.15) is 5.21 Å². The third kappa shape index (κ3) is 3.80. The lowest BCUT2D eigenvalue weighted by Gasteiger charge is -2.23. The van der Waals surface area contributed by atoms with Crippen molar-refractivity contribution in [3.63, 3.8) is 0 Å². The molecule has 3 aromatic heterocycles. The largest absolute Gasteiger partial charge is 0.465 e. The second-order valence-corrected chi connectivity index (χ2v) is 8.97. The van der Waals surface area contributed by atoms with Crippen molar-refractivity contribution >= 4 is 28.2 Å². The van der Waals surface area contributed by atoms with Crippen LogP contribution in [0.15, 0.2) is 66.0 Å². The fourth-order valence-corrected chi connectivity index (χ4v) is 5.48. The maximum Gasteiger partial charge on any atom is 0.340 e. The van der Waals surface area contributed by atoms with Gasteiger partial charge in [0.2, 0.25) is 5.82 Å². The summed E-state index contributed by atoms with van der Waals surface area (Å²) >= 11 is 1.57. The maximum atomic E-state index is 13.3. The average molecular weight is 472 g/mol. The Morgan fingerprint density at radius 2 is 1.91 bits per heavy atom. The number of thiophene rings is 1. The van der Waals surface area contributed by atoms with Gasteiger partial charge in [-0.1, -0.05) is 61.9 Å². The number of fused-ring (bicyclic) bond motifs is 1. The number of methoxy groups -OCH3 is 1. The van der Waals surface area contributed by atoms with Gasteiger partial charge in [-0.25, -0.2) is 4.79 Å². The van der Waals surface area contributed by atoms with E-state index in [1.807, 2.05) is 41.8 Å². The highest BCUT2D eigenvalue weighted by atomic mass is 32.1. The molecule has 0 radical (unpaired) electrons. The maximum absolute atomic E-state index is 13.3. The Morgan fingerprint density at radius 3 is 2.65 bits per heavy atom. The zero-order chi connectivity index (χ0) is 23.5. The lowest BCUT2D eigenvalue weighted by Crippen LogP contribution is -2.16. The summed E-state index contributed by atoms with van der Waals surface area (Å²) in [6, 6.07) is 20.4. The van der Waals surface area contributed by atoms with E-state index in [1.54, 1.807) is 11.3 Å². The van der Waals surface area contributed by atoms with Gasteiger partial charge in [0.05, 0.1) is 23.5 Å². The minimum atomic E-state index is -0.335. The topological polar surface area (TPSA) is 85.7 Å².